The summed E-state index contributed by atoms with van der Waals surface area (Å²) in [6.45, 7) is 1.88. The second kappa shape index (κ2) is 6.70. The Morgan fingerprint density at radius 2 is 2.09 bits per heavy atom. The predicted octanol–water partition coefficient (Wildman–Crippen LogP) is 2.80. The van der Waals surface area contributed by atoms with E-state index in [1.54, 1.807) is 12.1 Å². The van der Waals surface area contributed by atoms with E-state index in [-0.39, 0.29) is 23.5 Å². The summed E-state index contributed by atoms with van der Waals surface area (Å²) in [7, 11) is 1.94. The molecule has 1 heterocycles. The quantitative estimate of drug-likeness (QED) is 0.825. The first-order valence-electron chi connectivity index (χ1n) is 7.61. The first kappa shape index (κ1) is 16.0. The van der Waals surface area contributed by atoms with Gasteiger partial charge in [0.2, 0.25) is 5.91 Å². The van der Waals surface area contributed by atoms with E-state index in [4.69, 9.17) is 0 Å². The van der Waals surface area contributed by atoms with E-state index in [0.29, 0.717) is 5.92 Å². The molecule has 1 N–H and O–H groups in total. The van der Waals surface area contributed by atoms with Crippen LogP contribution in [-0.4, -0.2) is 26.4 Å². The zero-order chi connectivity index (χ0) is 16.4. The Kier molecular flexibility index (Phi) is 4.66. The lowest BCUT2D eigenvalue weighted by molar-refractivity contribution is -0.119. The molecule has 23 heavy (non-hydrogen) atoms. The van der Waals surface area contributed by atoms with Gasteiger partial charge in [0.1, 0.15) is 11.6 Å². The number of rotatable bonds is 6. The number of hydrogen-bond acceptors (Lipinski definition) is 4. The van der Waals surface area contributed by atoms with Crippen molar-refractivity contribution in [3.8, 4) is 0 Å². The van der Waals surface area contributed by atoms with E-state index in [2.05, 4.69) is 15.5 Å². The summed E-state index contributed by atoms with van der Waals surface area (Å²) >= 11 is 1.38. The third kappa shape index (κ3) is 3.90. The summed E-state index contributed by atoms with van der Waals surface area (Å²) in [5.74, 6) is 1.46. The molecule has 0 unspecified atom stereocenters. The largest absolute Gasteiger partial charge is 0.349 e. The van der Waals surface area contributed by atoms with E-state index in [9.17, 15) is 9.18 Å². The zero-order valence-electron chi connectivity index (χ0n) is 13.1. The number of carbonyl (C=O) groups excluding carboxylic acids is 1. The first-order chi connectivity index (χ1) is 11.0. The number of nitrogens with zero attached hydrogens (tertiary/aromatic N) is 3. The van der Waals surface area contributed by atoms with Crippen LogP contribution in [0.5, 0.6) is 0 Å². The Hall–Kier alpha value is -1.89. The van der Waals surface area contributed by atoms with Gasteiger partial charge in [-0.3, -0.25) is 4.79 Å². The van der Waals surface area contributed by atoms with Crippen molar-refractivity contribution in [1.82, 2.24) is 20.1 Å². The smallest absolute Gasteiger partial charge is 0.230 e. The van der Waals surface area contributed by atoms with Gasteiger partial charge in [0.05, 0.1) is 11.8 Å². The van der Waals surface area contributed by atoms with Crippen molar-refractivity contribution in [2.75, 3.05) is 5.75 Å². The summed E-state index contributed by atoms with van der Waals surface area (Å²) < 4.78 is 14.9. The Morgan fingerprint density at radius 3 is 2.74 bits per heavy atom. The molecule has 1 atom stereocenters. The number of benzene rings is 1. The summed E-state index contributed by atoms with van der Waals surface area (Å²) in [6, 6.07) is 5.98. The lowest BCUT2D eigenvalue weighted by atomic mass is 10.1. The molecule has 0 radical (unpaired) electrons. The minimum Gasteiger partial charge on any atom is -0.349 e. The van der Waals surface area contributed by atoms with Gasteiger partial charge in [-0.15, -0.1) is 10.2 Å². The molecule has 0 saturated heterocycles. The van der Waals surface area contributed by atoms with Crippen molar-refractivity contribution in [3.05, 3.63) is 41.5 Å². The van der Waals surface area contributed by atoms with Crippen molar-refractivity contribution in [3.63, 3.8) is 0 Å². The van der Waals surface area contributed by atoms with Crippen molar-refractivity contribution >= 4 is 17.7 Å². The number of nitrogens with one attached hydrogen (secondary N) is 1. The molecule has 1 aliphatic carbocycles. The van der Waals surface area contributed by atoms with Crippen molar-refractivity contribution in [1.29, 1.82) is 0 Å². The van der Waals surface area contributed by atoms with Crippen molar-refractivity contribution in [2.45, 2.75) is 36.9 Å². The molecule has 1 saturated carbocycles. The van der Waals surface area contributed by atoms with Gasteiger partial charge in [-0.1, -0.05) is 23.9 Å². The molecule has 3 rings (SSSR count). The summed E-state index contributed by atoms with van der Waals surface area (Å²) in [4.78, 5) is 12.1. The van der Waals surface area contributed by atoms with E-state index in [1.165, 1.54) is 36.7 Å². The second-order valence-corrected chi connectivity index (χ2v) is 6.75. The molecule has 0 bridgehead atoms. The number of carbonyl (C=O) groups is 1. The minimum atomic E-state index is -0.281. The Balaban J connectivity index is 1.52. The van der Waals surface area contributed by atoms with Crippen LogP contribution < -0.4 is 5.32 Å². The molecule has 1 aliphatic rings. The van der Waals surface area contributed by atoms with E-state index < -0.39 is 0 Å². The second-order valence-electron chi connectivity index (χ2n) is 5.80. The minimum absolute atomic E-state index is 0.0807. The summed E-state index contributed by atoms with van der Waals surface area (Å²) in [6.07, 6.45) is 2.35. The monoisotopic (exact) mass is 334 g/mol. The number of hydrogen-bond donors (Lipinski definition) is 1. The highest BCUT2D eigenvalue weighted by atomic mass is 32.2. The van der Waals surface area contributed by atoms with E-state index >= 15 is 0 Å². The number of halogens is 1. The maximum Gasteiger partial charge on any atom is 0.230 e. The highest BCUT2D eigenvalue weighted by Crippen LogP contribution is 2.39. The molecule has 7 heteroatoms. The molecule has 1 fully saturated rings. The Bertz CT molecular complexity index is 697. The van der Waals surface area contributed by atoms with Crippen molar-refractivity contribution in [2.24, 2.45) is 7.05 Å². The van der Waals surface area contributed by atoms with Crippen molar-refractivity contribution < 1.29 is 9.18 Å². The molecule has 0 spiro atoms. The lowest BCUT2D eigenvalue weighted by Crippen LogP contribution is -2.28. The van der Waals surface area contributed by atoms with Gasteiger partial charge in [-0.2, -0.15) is 0 Å². The number of aromatic nitrogens is 3. The van der Waals surface area contributed by atoms with E-state index in [0.717, 1.165) is 16.5 Å². The molecule has 2 aromatic rings. The third-order valence-electron chi connectivity index (χ3n) is 3.89. The number of amides is 1. The average Bonchev–Trinajstić information content (AvgIpc) is 3.30. The molecule has 0 aliphatic heterocycles. The molecule has 1 aromatic heterocycles. The molecule has 122 valence electrons. The van der Waals surface area contributed by atoms with Crippen LogP contribution in [0.2, 0.25) is 0 Å². The molecular formula is C16H19FN4OS. The Morgan fingerprint density at radius 1 is 1.39 bits per heavy atom. The van der Waals surface area contributed by atoms with Crippen LogP contribution in [0.15, 0.2) is 29.4 Å². The Labute approximate surface area is 138 Å². The third-order valence-corrected chi connectivity index (χ3v) is 4.91. The lowest BCUT2D eigenvalue weighted by Gasteiger charge is -2.14. The predicted molar refractivity (Wildman–Crippen MR) is 86.7 cm³/mol. The average molecular weight is 334 g/mol. The van der Waals surface area contributed by atoms with E-state index in [1.807, 2.05) is 18.5 Å². The molecular weight excluding hydrogens is 315 g/mol. The van der Waals surface area contributed by atoms with Crippen LogP contribution in [0.1, 0.15) is 43.1 Å². The molecule has 1 amide bonds. The molecule has 1 aromatic carbocycles. The summed E-state index contributed by atoms with van der Waals surface area (Å²) in [5, 5.41) is 12.0. The maximum atomic E-state index is 12.9. The maximum absolute atomic E-state index is 12.9. The fraction of sp³-hybridized carbons (Fsp3) is 0.438. The number of thioether (sulfide) groups is 1. The van der Waals surface area contributed by atoms with Gasteiger partial charge < -0.3 is 9.88 Å². The van der Waals surface area contributed by atoms with Crippen LogP contribution >= 0.6 is 11.8 Å². The highest BCUT2D eigenvalue weighted by Gasteiger charge is 2.29. The van der Waals surface area contributed by atoms with Crippen LogP contribution in [0.3, 0.4) is 0 Å². The van der Waals surface area contributed by atoms with Crippen LogP contribution in [0.4, 0.5) is 4.39 Å². The SMILES string of the molecule is C[C@@H](NC(=O)CSc1nnc(C2CC2)n1C)c1ccc(F)cc1. The van der Waals surface area contributed by atoms with Gasteiger partial charge in [0.25, 0.3) is 0 Å². The summed E-state index contributed by atoms with van der Waals surface area (Å²) in [5.41, 5.74) is 0.874. The van der Waals surface area contributed by atoms with Gasteiger partial charge in [-0.05, 0) is 37.5 Å². The standard InChI is InChI=1S/C16H19FN4OS/c1-10(11-5-7-13(17)8-6-11)18-14(22)9-23-16-20-19-15(21(16)2)12-3-4-12/h5-8,10,12H,3-4,9H2,1-2H3,(H,18,22)/t10-/m1/s1. The molecule has 5 nitrogen and oxygen atoms in total. The van der Waals surface area contributed by atoms with Gasteiger partial charge in [0, 0.05) is 13.0 Å². The van der Waals surface area contributed by atoms with Gasteiger partial charge in [0.15, 0.2) is 5.16 Å². The van der Waals surface area contributed by atoms with Gasteiger partial charge >= 0.3 is 0 Å². The zero-order valence-corrected chi connectivity index (χ0v) is 13.9. The fourth-order valence-corrected chi connectivity index (χ4v) is 3.13. The first-order valence-corrected chi connectivity index (χ1v) is 8.60. The van der Waals surface area contributed by atoms with Crippen LogP contribution in [0.25, 0.3) is 0 Å². The van der Waals surface area contributed by atoms with Gasteiger partial charge in [-0.25, -0.2) is 4.39 Å². The van der Waals surface area contributed by atoms with Crippen LogP contribution in [0, 0.1) is 5.82 Å². The normalized spacial score (nSPS) is 15.4. The highest BCUT2D eigenvalue weighted by molar-refractivity contribution is 7.99. The topological polar surface area (TPSA) is 59.8 Å². The van der Waals surface area contributed by atoms with Crippen LogP contribution in [-0.2, 0) is 11.8 Å². The fourth-order valence-electron chi connectivity index (χ4n) is 2.40.